The van der Waals surface area contributed by atoms with Crippen molar-refractivity contribution in [1.82, 2.24) is 5.32 Å². The molecule has 5 heteroatoms. The van der Waals surface area contributed by atoms with Crippen LogP contribution in [0.5, 0.6) is 0 Å². The normalized spacial score (nSPS) is 22.8. The molecule has 0 aliphatic heterocycles. The number of hydrogen-bond acceptors (Lipinski definition) is 4. The molecule has 0 heterocycles. The van der Waals surface area contributed by atoms with Crippen LogP contribution in [0.2, 0.25) is 0 Å². The Hall–Kier alpha value is -1.10. The fraction of sp³-hybridized carbons (Fsp3) is 0.857. The fourth-order valence-electron chi connectivity index (χ4n) is 2.28. The van der Waals surface area contributed by atoms with Gasteiger partial charge in [-0.3, -0.25) is 9.59 Å². The topological polar surface area (TPSA) is 64.6 Å². The van der Waals surface area contributed by atoms with Crippen molar-refractivity contribution in [3.8, 4) is 0 Å². The summed E-state index contributed by atoms with van der Waals surface area (Å²) in [6.45, 7) is 2.92. The highest BCUT2D eigenvalue weighted by atomic mass is 16.5. The molecule has 0 radical (unpaired) electrons. The van der Waals surface area contributed by atoms with Crippen molar-refractivity contribution in [3.05, 3.63) is 0 Å². The summed E-state index contributed by atoms with van der Waals surface area (Å²) >= 11 is 0. The molecule has 1 N–H and O–H groups in total. The summed E-state index contributed by atoms with van der Waals surface area (Å²) in [5.74, 6) is -0.178. The van der Waals surface area contributed by atoms with Crippen LogP contribution in [0.25, 0.3) is 0 Å². The van der Waals surface area contributed by atoms with Crippen molar-refractivity contribution in [2.75, 3.05) is 20.3 Å². The van der Waals surface area contributed by atoms with Crippen molar-refractivity contribution in [2.45, 2.75) is 51.6 Å². The van der Waals surface area contributed by atoms with Crippen LogP contribution >= 0.6 is 0 Å². The number of nitrogens with one attached hydrogen (secondary N) is 1. The molecule has 110 valence electrons. The number of carbonyl (C=O) groups excluding carboxylic acids is 2. The summed E-state index contributed by atoms with van der Waals surface area (Å²) in [5, 5.41) is 2.82. The molecule has 0 aromatic heterocycles. The number of carbonyl (C=O) groups is 2. The van der Waals surface area contributed by atoms with Gasteiger partial charge in [0, 0.05) is 6.54 Å². The second-order valence-electron chi connectivity index (χ2n) is 5.01. The molecule has 0 saturated heterocycles. The molecule has 1 rings (SSSR count). The lowest BCUT2D eigenvalue weighted by atomic mass is 9.87. The van der Waals surface area contributed by atoms with Crippen molar-refractivity contribution >= 4 is 11.9 Å². The fourth-order valence-corrected chi connectivity index (χ4v) is 2.28. The molecule has 1 saturated carbocycles. The van der Waals surface area contributed by atoms with E-state index < -0.39 is 0 Å². The molecule has 1 fully saturated rings. The van der Waals surface area contributed by atoms with E-state index in [1.165, 1.54) is 7.11 Å². The summed E-state index contributed by atoms with van der Waals surface area (Å²) < 4.78 is 10.3. The van der Waals surface area contributed by atoms with E-state index in [0.717, 1.165) is 38.5 Å². The quantitative estimate of drug-likeness (QED) is 0.565. The minimum Gasteiger partial charge on any atom is -0.469 e. The molecule has 19 heavy (non-hydrogen) atoms. The standard InChI is InChI=1S/C14H25NO4/c1-3-4-9-15-13(16)10-19-12-7-5-11(6-8-12)14(17)18-2/h11-12H,3-10H2,1-2H3,(H,15,16). The zero-order valence-electron chi connectivity index (χ0n) is 11.9. The van der Waals surface area contributed by atoms with Crippen LogP contribution in [0.3, 0.4) is 0 Å². The Morgan fingerprint density at radius 3 is 2.47 bits per heavy atom. The van der Waals surface area contributed by atoms with Crippen LogP contribution < -0.4 is 5.32 Å². The SMILES string of the molecule is CCCCNC(=O)COC1CCC(C(=O)OC)CC1. The number of ether oxygens (including phenoxy) is 2. The van der Waals surface area contributed by atoms with Gasteiger partial charge in [-0.2, -0.15) is 0 Å². The van der Waals surface area contributed by atoms with Gasteiger partial charge in [-0.05, 0) is 32.1 Å². The predicted octanol–water partition coefficient (Wildman–Crippen LogP) is 1.65. The molecule has 1 aliphatic carbocycles. The number of methoxy groups -OCH3 is 1. The minimum atomic E-state index is -0.129. The Bertz CT molecular complexity index is 285. The molecule has 0 bridgehead atoms. The van der Waals surface area contributed by atoms with Crippen LogP contribution in [-0.4, -0.2) is 38.2 Å². The first-order valence-corrected chi connectivity index (χ1v) is 7.13. The van der Waals surface area contributed by atoms with Crippen LogP contribution in [0.4, 0.5) is 0 Å². The number of rotatable bonds is 7. The Labute approximate surface area is 115 Å². The Kier molecular flexibility index (Phi) is 7.48. The maximum absolute atomic E-state index is 11.5. The van der Waals surface area contributed by atoms with Gasteiger partial charge in [-0.1, -0.05) is 13.3 Å². The third-order valence-corrected chi connectivity index (χ3v) is 3.51. The van der Waals surface area contributed by atoms with E-state index >= 15 is 0 Å². The largest absolute Gasteiger partial charge is 0.469 e. The molecule has 0 spiro atoms. The van der Waals surface area contributed by atoms with E-state index in [-0.39, 0.29) is 30.5 Å². The molecular weight excluding hydrogens is 246 g/mol. The third-order valence-electron chi connectivity index (χ3n) is 3.51. The molecule has 0 aromatic rings. The lowest BCUT2D eigenvalue weighted by molar-refractivity contribution is -0.148. The van der Waals surface area contributed by atoms with Gasteiger partial charge in [0.15, 0.2) is 0 Å². The van der Waals surface area contributed by atoms with Gasteiger partial charge in [-0.25, -0.2) is 0 Å². The van der Waals surface area contributed by atoms with Crippen LogP contribution in [0, 0.1) is 5.92 Å². The Morgan fingerprint density at radius 2 is 1.89 bits per heavy atom. The maximum Gasteiger partial charge on any atom is 0.308 e. The second-order valence-corrected chi connectivity index (χ2v) is 5.01. The van der Waals surface area contributed by atoms with E-state index in [4.69, 9.17) is 9.47 Å². The predicted molar refractivity (Wildman–Crippen MR) is 71.6 cm³/mol. The third kappa shape index (κ3) is 6.05. The van der Waals surface area contributed by atoms with Gasteiger partial charge >= 0.3 is 5.97 Å². The zero-order valence-corrected chi connectivity index (χ0v) is 11.9. The summed E-state index contributed by atoms with van der Waals surface area (Å²) in [6.07, 6.45) is 5.38. The second kappa shape index (κ2) is 8.91. The van der Waals surface area contributed by atoms with Crippen LogP contribution in [0.1, 0.15) is 45.4 Å². The zero-order chi connectivity index (χ0) is 14.1. The summed E-state index contributed by atoms with van der Waals surface area (Å²) in [4.78, 5) is 22.8. The van der Waals surface area contributed by atoms with Gasteiger partial charge in [-0.15, -0.1) is 0 Å². The number of amides is 1. The van der Waals surface area contributed by atoms with Crippen molar-refractivity contribution in [1.29, 1.82) is 0 Å². The van der Waals surface area contributed by atoms with E-state index in [9.17, 15) is 9.59 Å². The Balaban J connectivity index is 2.12. The first-order valence-electron chi connectivity index (χ1n) is 7.13. The van der Waals surface area contributed by atoms with Gasteiger partial charge in [0.2, 0.25) is 5.91 Å². The molecule has 5 nitrogen and oxygen atoms in total. The van der Waals surface area contributed by atoms with Gasteiger partial charge in [0.1, 0.15) is 6.61 Å². The summed E-state index contributed by atoms with van der Waals surface area (Å²) in [6, 6.07) is 0. The molecule has 1 aliphatic rings. The molecule has 0 aromatic carbocycles. The molecule has 1 amide bonds. The highest BCUT2D eigenvalue weighted by molar-refractivity contribution is 5.77. The lowest BCUT2D eigenvalue weighted by Gasteiger charge is -2.26. The monoisotopic (exact) mass is 271 g/mol. The minimum absolute atomic E-state index is 0.00299. The maximum atomic E-state index is 11.5. The first-order chi connectivity index (χ1) is 9.17. The number of unbranched alkanes of at least 4 members (excludes halogenated alkanes) is 1. The molecule has 0 atom stereocenters. The highest BCUT2D eigenvalue weighted by Crippen LogP contribution is 2.26. The molecule has 0 unspecified atom stereocenters. The van der Waals surface area contributed by atoms with Gasteiger partial charge < -0.3 is 14.8 Å². The van der Waals surface area contributed by atoms with Crippen LogP contribution in [0.15, 0.2) is 0 Å². The van der Waals surface area contributed by atoms with Crippen LogP contribution in [-0.2, 0) is 19.1 Å². The Morgan fingerprint density at radius 1 is 1.21 bits per heavy atom. The van der Waals surface area contributed by atoms with Gasteiger partial charge in [0.05, 0.1) is 19.1 Å². The van der Waals surface area contributed by atoms with Crippen molar-refractivity contribution in [2.24, 2.45) is 5.92 Å². The average molecular weight is 271 g/mol. The van der Waals surface area contributed by atoms with E-state index in [1.54, 1.807) is 0 Å². The van der Waals surface area contributed by atoms with Gasteiger partial charge in [0.25, 0.3) is 0 Å². The van der Waals surface area contributed by atoms with E-state index in [2.05, 4.69) is 12.2 Å². The van der Waals surface area contributed by atoms with E-state index in [1.807, 2.05) is 0 Å². The smallest absolute Gasteiger partial charge is 0.308 e. The van der Waals surface area contributed by atoms with E-state index in [0.29, 0.717) is 6.54 Å². The summed E-state index contributed by atoms with van der Waals surface area (Å²) in [7, 11) is 1.42. The first kappa shape index (κ1) is 16.0. The highest BCUT2D eigenvalue weighted by Gasteiger charge is 2.27. The lowest BCUT2D eigenvalue weighted by Crippen LogP contribution is -2.32. The number of esters is 1. The number of hydrogen-bond donors (Lipinski definition) is 1. The summed E-state index contributed by atoms with van der Waals surface area (Å²) in [5.41, 5.74) is 0. The van der Waals surface area contributed by atoms with Crippen molar-refractivity contribution in [3.63, 3.8) is 0 Å². The molecular formula is C14H25NO4. The average Bonchev–Trinajstić information content (AvgIpc) is 2.45. The van der Waals surface area contributed by atoms with Crippen molar-refractivity contribution < 1.29 is 19.1 Å².